The molecule has 1 aromatic carbocycles. The lowest BCUT2D eigenvalue weighted by atomic mass is 10.1. The lowest BCUT2D eigenvalue weighted by molar-refractivity contribution is -0.120. The van der Waals surface area contributed by atoms with Crippen LogP contribution in [-0.4, -0.2) is 37.6 Å². The molecule has 0 aromatic heterocycles. The molecule has 1 aliphatic rings. The summed E-state index contributed by atoms with van der Waals surface area (Å²) in [4.78, 5) is 16.4. The number of carbonyl (C=O) groups is 1. The van der Waals surface area contributed by atoms with E-state index in [0.29, 0.717) is 25.2 Å². The van der Waals surface area contributed by atoms with Crippen molar-refractivity contribution in [3.63, 3.8) is 0 Å². The van der Waals surface area contributed by atoms with E-state index in [1.54, 1.807) is 0 Å². The van der Waals surface area contributed by atoms with Gasteiger partial charge in [0.05, 0.1) is 19.2 Å². The van der Waals surface area contributed by atoms with Crippen LogP contribution in [0.1, 0.15) is 57.1 Å². The number of guanidine groups is 1. The number of nitrogens with zero attached hydrogens (tertiary/aromatic N) is 1. The number of aryl methyl sites for hydroxylation is 1. The van der Waals surface area contributed by atoms with E-state index >= 15 is 0 Å². The van der Waals surface area contributed by atoms with Crippen LogP contribution in [0, 0.1) is 6.92 Å². The van der Waals surface area contributed by atoms with E-state index < -0.39 is 0 Å². The van der Waals surface area contributed by atoms with Crippen LogP contribution in [-0.2, 0) is 11.3 Å². The molecule has 0 saturated heterocycles. The normalized spacial score (nSPS) is 14.9. The molecule has 0 atom stereocenters. The van der Waals surface area contributed by atoms with Crippen LogP contribution in [0.25, 0.3) is 0 Å². The first-order chi connectivity index (χ1) is 13.1. The quantitative estimate of drug-likeness (QED) is 0.459. The molecule has 1 aliphatic carbocycles. The number of hydrogen-bond donors (Lipinski definition) is 3. The van der Waals surface area contributed by atoms with Gasteiger partial charge >= 0.3 is 0 Å². The summed E-state index contributed by atoms with van der Waals surface area (Å²) >= 11 is 0. The summed E-state index contributed by atoms with van der Waals surface area (Å²) in [5, 5.41) is 9.13. The van der Waals surface area contributed by atoms with Crippen LogP contribution in [0.4, 0.5) is 0 Å². The summed E-state index contributed by atoms with van der Waals surface area (Å²) < 4.78 is 6.25. The van der Waals surface area contributed by atoms with E-state index in [4.69, 9.17) is 4.74 Å². The molecule has 0 heterocycles. The van der Waals surface area contributed by atoms with Gasteiger partial charge in [0.15, 0.2) is 5.96 Å². The Labute approximate surface area is 163 Å². The summed E-state index contributed by atoms with van der Waals surface area (Å²) in [6, 6.07) is 6.27. The molecule has 1 aromatic rings. The van der Waals surface area contributed by atoms with Gasteiger partial charge in [-0.05, 0) is 57.6 Å². The molecule has 0 spiro atoms. The molecule has 0 unspecified atom stereocenters. The maximum Gasteiger partial charge on any atom is 0.239 e. The fourth-order valence-electron chi connectivity index (χ4n) is 3.08. The van der Waals surface area contributed by atoms with E-state index in [0.717, 1.165) is 37.1 Å². The van der Waals surface area contributed by atoms with Gasteiger partial charge in [-0.25, -0.2) is 4.99 Å². The predicted molar refractivity (Wildman–Crippen MR) is 110 cm³/mol. The molecule has 0 bridgehead atoms. The van der Waals surface area contributed by atoms with Gasteiger partial charge in [-0.1, -0.05) is 19.1 Å². The lowest BCUT2D eigenvalue weighted by Crippen LogP contribution is -2.43. The van der Waals surface area contributed by atoms with Gasteiger partial charge in [0.2, 0.25) is 5.91 Å². The zero-order valence-electron chi connectivity index (χ0n) is 16.9. The number of rotatable bonds is 9. The minimum atomic E-state index is -0.0250. The summed E-state index contributed by atoms with van der Waals surface area (Å²) in [7, 11) is 0. The molecule has 150 valence electrons. The first-order valence-corrected chi connectivity index (χ1v) is 10.2. The molecule has 6 nitrogen and oxygen atoms in total. The molecule has 6 heteroatoms. The van der Waals surface area contributed by atoms with Crippen molar-refractivity contribution >= 4 is 11.9 Å². The number of benzene rings is 1. The zero-order chi connectivity index (χ0) is 19.5. The van der Waals surface area contributed by atoms with Crippen molar-refractivity contribution in [2.24, 2.45) is 4.99 Å². The molecule has 27 heavy (non-hydrogen) atoms. The Morgan fingerprint density at radius 1 is 1.19 bits per heavy atom. The number of nitrogens with one attached hydrogen (secondary N) is 3. The van der Waals surface area contributed by atoms with E-state index in [2.05, 4.69) is 46.1 Å². The molecule has 0 radical (unpaired) electrons. The molecular formula is C21H34N4O2. The first-order valence-electron chi connectivity index (χ1n) is 10.2. The van der Waals surface area contributed by atoms with Crippen LogP contribution in [0.3, 0.4) is 0 Å². The number of hydrogen-bond acceptors (Lipinski definition) is 3. The maximum atomic E-state index is 11.8. The molecule has 1 saturated carbocycles. The van der Waals surface area contributed by atoms with Crippen molar-refractivity contribution in [1.29, 1.82) is 0 Å². The average Bonchev–Trinajstić information content (AvgIpc) is 3.16. The topological polar surface area (TPSA) is 74.8 Å². The third kappa shape index (κ3) is 7.49. The van der Waals surface area contributed by atoms with Crippen LogP contribution in [0.2, 0.25) is 0 Å². The van der Waals surface area contributed by atoms with Crippen molar-refractivity contribution in [1.82, 2.24) is 16.0 Å². The molecule has 1 amide bonds. The Balaban J connectivity index is 2.00. The Morgan fingerprint density at radius 2 is 1.96 bits per heavy atom. The van der Waals surface area contributed by atoms with Gasteiger partial charge < -0.3 is 20.7 Å². The predicted octanol–water partition coefficient (Wildman–Crippen LogP) is 2.90. The third-order valence-corrected chi connectivity index (χ3v) is 4.56. The standard InChI is InChI=1S/C21H34N4O2/c1-4-12-23-20(26)15-25-21(22-5-2)24-14-17-11-10-16(3)13-19(17)27-18-8-6-7-9-18/h10-11,13,18H,4-9,12,14-15H2,1-3H3,(H,23,26)(H2,22,24,25). The van der Waals surface area contributed by atoms with Crippen LogP contribution < -0.4 is 20.7 Å². The molecular weight excluding hydrogens is 340 g/mol. The molecule has 0 aliphatic heterocycles. The van der Waals surface area contributed by atoms with Crippen molar-refractivity contribution in [3.05, 3.63) is 29.3 Å². The zero-order valence-corrected chi connectivity index (χ0v) is 16.9. The summed E-state index contributed by atoms with van der Waals surface area (Å²) in [6.07, 6.45) is 6.01. The highest BCUT2D eigenvalue weighted by Gasteiger charge is 2.18. The first kappa shape index (κ1) is 21.1. The smallest absolute Gasteiger partial charge is 0.239 e. The fourth-order valence-corrected chi connectivity index (χ4v) is 3.08. The number of carbonyl (C=O) groups excluding carboxylic acids is 1. The number of aliphatic imine (C=N–C) groups is 1. The van der Waals surface area contributed by atoms with E-state index in [-0.39, 0.29) is 12.5 Å². The van der Waals surface area contributed by atoms with E-state index in [9.17, 15) is 4.79 Å². The summed E-state index contributed by atoms with van der Waals surface area (Å²) in [5.41, 5.74) is 2.26. The monoisotopic (exact) mass is 374 g/mol. The Hall–Kier alpha value is -2.24. The van der Waals surface area contributed by atoms with E-state index in [1.165, 1.54) is 18.4 Å². The third-order valence-electron chi connectivity index (χ3n) is 4.56. The minimum Gasteiger partial charge on any atom is -0.490 e. The Morgan fingerprint density at radius 3 is 2.67 bits per heavy atom. The average molecular weight is 375 g/mol. The molecule has 3 N–H and O–H groups in total. The molecule has 1 fully saturated rings. The highest BCUT2D eigenvalue weighted by molar-refractivity contribution is 5.86. The number of amides is 1. The second-order valence-electron chi connectivity index (χ2n) is 7.03. The van der Waals surface area contributed by atoms with Crippen molar-refractivity contribution in [3.8, 4) is 5.75 Å². The van der Waals surface area contributed by atoms with Gasteiger partial charge in [0.25, 0.3) is 0 Å². The highest BCUT2D eigenvalue weighted by Crippen LogP contribution is 2.28. The van der Waals surface area contributed by atoms with Crippen LogP contribution >= 0.6 is 0 Å². The van der Waals surface area contributed by atoms with Crippen molar-refractivity contribution in [2.75, 3.05) is 19.6 Å². The van der Waals surface area contributed by atoms with Gasteiger partial charge in [-0.3, -0.25) is 4.79 Å². The number of ether oxygens (including phenoxy) is 1. The van der Waals surface area contributed by atoms with Crippen LogP contribution in [0.15, 0.2) is 23.2 Å². The molecule has 2 rings (SSSR count). The summed E-state index contributed by atoms with van der Waals surface area (Å²) in [5.74, 6) is 1.54. The fraction of sp³-hybridized carbons (Fsp3) is 0.619. The lowest BCUT2D eigenvalue weighted by Gasteiger charge is -2.17. The van der Waals surface area contributed by atoms with E-state index in [1.807, 2.05) is 13.8 Å². The minimum absolute atomic E-state index is 0.0250. The maximum absolute atomic E-state index is 11.8. The van der Waals surface area contributed by atoms with Crippen LogP contribution in [0.5, 0.6) is 5.75 Å². The van der Waals surface area contributed by atoms with Gasteiger partial charge in [0, 0.05) is 18.7 Å². The van der Waals surface area contributed by atoms with Gasteiger partial charge in [-0.2, -0.15) is 0 Å². The van der Waals surface area contributed by atoms with Gasteiger partial charge in [0.1, 0.15) is 5.75 Å². The Kier molecular flexibility index (Phi) is 8.95. The van der Waals surface area contributed by atoms with Crippen molar-refractivity contribution < 1.29 is 9.53 Å². The largest absolute Gasteiger partial charge is 0.490 e. The summed E-state index contributed by atoms with van der Waals surface area (Å²) in [6.45, 7) is 8.27. The second kappa shape index (κ2) is 11.5. The van der Waals surface area contributed by atoms with Crippen molar-refractivity contribution in [2.45, 2.75) is 65.5 Å². The second-order valence-corrected chi connectivity index (χ2v) is 7.03. The van der Waals surface area contributed by atoms with Gasteiger partial charge in [-0.15, -0.1) is 0 Å². The Bertz CT molecular complexity index is 625. The SMILES string of the molecule is CCCNC(=O)CNC(=NCc1ccc(C)cc1OC1CCCC1)NCC. The highest BCUT2D eigenvalue weighted by atomic mass is 16.5.